The average molecular weight is 333 g/mol. The Hall–Kier alpha value is -1.60. The van der Waals surface area contributed by atoms with Crippen molar-refractivity contribution in [3.8, 4) is 0 Å². The fraction of sp³-hybridized carbons (Fsp3) is 0.400. The van der Waals surface area contributed by atoms with Crippen LogP contribution in [0.25, 0.3) is 10.2 Å². The van der Waals surface area contributed by atoms with Gasteiger partial charge in [-0.25, -0.2) is 4.98 Å². The quantitative estimate of drug-likeness (QED) is 0.934. The number of aromatic nitrogens is 1. The number of fused-ring (bicyclic) bond motifs is 1. The fourth-order valence-electron chi connectivity index (χ4n) is 2.44. The second kappa shape index (κ2) is 5.55. The highest BCUT2D eigenvalue weighted by Gasteiger charge is 2.27. The lowest BCUT2D eigenvalue weighted by Crippen LogP contribution is -2.34. The monoisotopic (exact) mass is 333 g/mol. The zero-order valence-electron chi connectivity index (χ0n) is 11.9. The van der Waals surface area contributed by atoms with E-state index < -0.39 is 0 Å². The molecule has 5 nitrogen and oxygen atoms in total. The van der Waals surface area contributed by atoms with Crippen molar-refractivity contribution in [3.63, 3.8) is 0 Å². The van der Waals surface area contributed by atoms with Crippen LogP contribution in [0.2, 0.25) is 0 Å². The van der Waals surface area contributed by atoms with Gasteiger partial charge in [0.2, 0.25) is 11.8 Å². The standard InChI is InChI=1S/C15H15N3O2S2/c19-13(6-18-8-21-7-14(18)20)16-10-3-4-11-12(5-10)22-15(17-11)9-1-2-9/h3-5,9H,1-2,6-8H2,(H,16,19). The molecular weight excluding hydrogens is 318 g/mol. The second-order valence-corrected chi connectivity index (χ2v) is 7.64. The van der Waals surface area contributed by atoms with Crippen molar-refractivity contribution in [2.45, 2.75) is 18.8 Å². The Kier molecular flexibility index (Phi) is 3.54. The summed E-state index contributed by atoms with van der Waals surface area (Å²) in [6.45, 7) is 0.125. The molecule has 1 saturated carbocycles. The topological polar surface area (TPSA) is 62.3 Å². The molecule has 1 aliphatic carbocycles. The van der Waals surface area contributed by atoms with Crippen molar-refractivity contribution >= 4 is 50.8 Å². The van der Waals surface area contributed by atoms with E-state index in [1.54, 1.807) is 28.0 Å². The summed E-state index contributed by atoms with van der Waals surface area (Å²) in [5.41, 5.74) is 1.76. The maximum Gasteiger partial charge on any atom is 0.244 e. The van der Waals surface area contributed by atoms with Crippen LogP contribution in [-0.4, -0.2) is 39.9 Å². The summed E-state index contributed by atoms with van der Waals surface area (Å²) in [6.07, 6.45) is 2.48. The van der Waals surface area contributed by atoms with Crippen molar-refractivity contribution < 1.29 is 9.59 Å². The molecule has 22 heavy (non-hydrogen) atoms. The maximum atomic E-state index is 12.0. The lowest BCUT2D eigenvalue weighted by Gasteiger charge is -2.14. The third-order valence-electron chi connectivity index (χ3n) is 3.78. The number of thioether (sulfide) groups is 1. The molecule has 114 valence electrons. The number of thiazole rings is 1. The molecule has 1 aliphatic heterocycles. The normalized spacial score (nSPS) is 18.2. The molecule has 1 aromatic carbocycles. The van der Waals surface area contributed by atoms with Gasteiger partial charge < -0.3 is 10.2 Å². The van der Waals surface area contributed by atoms with E-state index in [1.165, 1.54) is 17.8 Å². The largest absolute Gasteiger partial charge is 0.324 e. The minimum Gasteiger partial charge on any atom is -0.324 e. The molecule has 1 aromatic heterocycles. The smallest absolute Gasteiger partial charge is 0.244 e. The number of carbonyl (C=O) groups excluding carboxylic acids is 2. The van der Waals surface area contributed by atoms with Crippen LogP contribution in [0.4, 0.5) is 5.69 Å². The van der Waals surface area contributed by atoms with Gasteiger partial charge in [0.25, 0.3) is 0 Å². The minimum absolute atomic E-state index is 0.0344. The van der Waals surface area contributed by atoms with Gasteiger partial charge in [-0.15, -0.1) is 23.1 Å². The number of carbonyl (C=O) groups is 2. The first-order valence-corrected chi connectivity index (χ1v) is 9.22. The van der Waals surface area contributed by atoms with Gasteiger partial charge in [-0.2, -0.15) is 0 Å². The summed E-state index contributed by atoms with van der Waals surface area (Å²) >= 11 is 3.25. The Morgan fingerprint density at radius 2 is 2.27 bits per heavy atom. The molecule has 7 heteroatoms. The van der Waals surface area contributed by atoms with Gasteiger partial charge >= 0.3 is 0 Å². The average Bonchev–Trinajstić information content (AvgIpc) is 3.14. The number of hydrogen-bond donors (Lipinski definition) is 1. The summed E-state index contributed by atoms with van der Waals surface area (Å²) in [5.74, 6) is 1.61. The van der Waals surface area contributed by atoms with Crippen LogP contribution in [-0.2, 0) is 9.59 Å². The Morgan fingerprint density at radius 1 is 1.41 bits per heavy atom. The number of amides is 2. The number of benzene rings is 1. The third-order valence-corrected chi connectivity index (χ3v) is 5.90. The Labute approximate surface area is 136 Å². The Balaban J connectivity index is 1.46. The lowest BCUT2D eigenvalue weighted by molar-refractivity contribution is -0.130. The van der Waals surface area contributed by atoms with Crippen molar-refractivity contribution in [3.05, 3.63) is 23.2 Å². The van der Waals surface area contributed by atoms with E-state index in [-0.39, 0.29) is 18.4 Å². The van der Waals surface area contributed by atoms with Crippen LogP contribution in [0.1, 0.15) is 23.8 Å². The molecule has 0 unspecified atom stereocenters. The van der Waals surface area contributed by atoms with E-state index in [1.807, 2.05) is 18.2 Å². The molecule has 0 spiro atoms. The van der Waals surface area contributed by atoms with Gasteiger partial charge in [0.1, 0.15) is 6.54 Å². The molecule has 2 amide bonds. The maximum absolute atomic E-state index is 12.0. The predicted molar refractivity (Wildman–Crippen MR) is 89.3 cm³/mol. The zero-order chi connectivity index (χ0) is 15.1. The highest BCUT2D eigenvalue weighted by atomic mass is 32.2. The van der Waals surface area contributed by atoms with Crippen LogP contribution in [0, 0.1) is 0 Å². The number of nitrogens with one attached hydrogen (secondary N) is 1. The predicted octanol–water partition coefficient (Wildman–Crippen LogP) is 2.65. The second-order valence-electron chi connectivity index (χ2n) is 5.63. The van der Waals surface area contributed by atoms with Gasteiger partial charge in [-0.05, 0) is 31.0 Å². The molecular formula is C15H15N3O2S2. The molecule has 1 saturated heterocycles. The number of rotatable bonds is 4. The first-order valence-electron chi connectivity index (χ1n) is 7.25. The number of anilines is 1. The fourth-order valence-corrected chi connectivity index (χ4v) is 4.52. The number of nitrogens with zero attached hydrogens (tertiary/aromatic N) is 2. The van der Waals surface area contributed by atoms with Crippen LogP contribution in [0.3, 0.4) is 0 Å². The van der Waals surface area contributed by atoms with E-state index in [2.05, 4.69) is 10.3 Å². The van der Waals surface area contributed by atoms with Crippen LogP contribution < -0.4 is 5.32 Å². The van der Waals surface area contributed by atoms with Crippen molar-refractivity contribution in [2.75, 3.05) is 23.5 Å². The first kappa shape index (κ1) is 14.0. The molecule has 2 aromatic rings. The van der Waals surface area contributed by atoms with E-state index in [9.17, 15) is 9.59 Å². The molecule has 1 N–H and O–H groups in total. The van der Waals surface area contributed by atoms with Gasteiger partial charge in [-0.1, -0.05) is 0 Å². The molecule has 4 rings (SSSR count). The van der Waals surface area contributed by atoms with E-state index in [4.69, 9.17) is 0 Å². The Bertz CT molecular complexity index is 754. The molecule has 0 bridgehead atoms. The van der Waals surface area contributed by atoms with Crippen molar-refractivity contribution in [2.24, 2.45) is 0 Å². The van der Waals surface area contributed by atoms with Crippen LogP contribution in [0.15, 0.2) is 18.2 Å². The number of hydrogen-bond acceptors (Lipinski definition) is 5. The summed E-state index contributed by atoms with van der Waals surface area (Å²) in [4.78, 5) is 29.8. The van der Waals surface area contributed by atoms with Crippen LogP contribution >= 0.6 is 23.1 Å². The van der Waals surface area contributed by atoms with Gasteiger partial charge in [-0.3, -0.25) is 9.59 Å². The first-order chi connectivity index (χ1) is 10.7. The summed E-state index contributed by atoms with van der Waals surface area (Å²) in [7, 11) is 0. The van der Waals surface area contributed by atoms with Crippen molar-refractivity contribution in [1.29, 1.82) is 0 Å². The van der Waals surface area contributed by atoms with E-state index in [0.717, 1.165) is 15.9 Å². The third kappa shape index (κ3) is 2.83. The Morgan fingerprint density at radius 3 is 3.00 bits per heavy atom. The zero-order valence-corrected chi connectivity index (χ0v) is 13.5. The molecule has 0 atom stereocenters. The molecule has 0 radical (unpaired) electrons. The van der Waals surface area contributed by atoms with Gasteiger partial charge in [0.15, 0.2) is 0 Å². The SMILES string of the molecule is O=C(CN1CSCC1=O)Nc1ccc2nc(C3CC3)sc2c1. The summed E-state index contributed by atoms with van der Waals surface area (Å²) < 4.78 is 1.10. The summed E-state index contributed by atoms with van der Waals surface area (Å²) in [6, 6.07) is 5.79. The molecule has 2 aliphatic rings. The van der Waals surface area contributed by atoms with Crippen LogP contribution in [0.5, 0.6) is 0 Å². The van der Waals surface area contributed by atoms with Crippen molar-refractivity contribution in [1.82, 2.24) is 9.88 Å². The van der Waals surface area contributed by atoms with E-state index >= 15 is 0 Å². The van der Waals surface area contributed by atoms with Gasteiger partial charge in [0, 0.05) is 11.6 Å². The molecule has 2 heterocycles. The highest BCUT2D eigenvalue weighted by Crippen LogP contribution is 2.43. The molecule has 2 fully saturated rings. The van der Waals surface area contributed by atoms with Gasteiger partial charge in [0.05, 0.1) is 26.9 Å². The summed E-state index contributed by atoms with van der Waals surface area (Å²) in [5, 5.41) is 4.08. The highest BCUT2D eigenvalue weighted by molar-refractivity contribution is 8.00. The minimum atomic E-state index is -0.151. The lowest BCUT2D eigenvalue weighted by atomic mass is 10.3. The van der Waals surface area contributed by atoms with E-state index in [0.29, 0.717) is 17.5 Å².